The average Bonchev–Trinajstić information content (AvgIpc) is 2.67. The van der Waals surface area contributed by atoms with Gasteiger partial charge in [0.1, 0.15) is 0 Å². The van der Waals surface area contributed by atoms with Gasteiger partial charge in [0.15, 0.2) is 0 Å². The molecule has 0 saturated heterocycles. The van der Waals surface area contributed by atoms with Crippen molar-refractivity contribution in [3.63, 3.8) is 0 Å². The first-order valence-corrected chi connectivity index (χ1v) is 5.56. The molecule has 1 aromatic heterocycles. The van der Waals surface area contributed by atoms with Gasteiger partial charge in [0.2, 0.25) is 0 Å². The average molecular weight is 215 g/mol. The molecule has 0 bridgehead atoms. The smallest absolute Gasteiger partial charge is 0.0659 e. The fourth-order valence-corrected chi connectivity index (χ4v) is 1.72. The number of aryl methyl sites for hydroxylation is 1. The zero-order valence-corrected chi connectivity index (χ0v) is 9.56. The van der Waals surface area contributed by atoms with Crippen LogP contribution in [0.15, 0.2) is 36.5 Å². The highest BCUT2D eigenvalue weighted by molar-refractivity contribution is 5.23. The van der Waals surface area contributed by atoms with E-state index in [1.165, 1.54) is 11.1 Å². The van der Waals surface area contributed by atoms with Gasteiger partial charge in [-0.1, -0.05) is 24.3 Å². The normalized spacial score (nSPS) is 10.6. The number of hydrogen-bond acceptors (Lipinski definition) is 2. The molecule has 3 nitrogen and oxygen atoms in total. The third kappa shape index (κ3) is 2.70. The van der Waals surface area contributed by atoms with E-state index in [4.69, 9.17) is 5.73 Å². The summed E-state index contributed by atoms with van der Waals surface area (Å²) in [6.07, 6.45) is 2.95. The van der Waals surface area contributed by atoms with Gasteiger partial charge >= 0.3 is 0 Å². The number of aromatic nitrogens is 2. The molecule has 0 atom stereocenters. The van der Waals surface area contributed by atoms with Crippen LogP contribution in [0.2, 0.25) is 0 Å². The zero-order chi connectivity index (χ0) is 11.4. The third-order valence-electron chi connectivity index (χ3n) is 2.57. The van der Waals surface area contributed by atoms with E-state index in [9.17, 15) is 0 Å². The van der Waals surface area contributed by atoms with Crippen molar-refractivity contribution in [1.29, 1.82) is 0 Å². The molecular weight excluding hydrogens is 198 g/mol. The standard InChI is InChI=1S/C13H17N3/c1-11-7-9-16(15-11)10-13-4-2-12(3-5-13)6-8-14/h2-5,7,9H,6,8,10,14H2,1H3. The van der Waals surface area contributed by atoms with Crippen molar-refractivity contribution >= 4 is 0 Å². The molecule has 0 radical (unpaired) electrons. The van der Waals surface area contributed by atoms with Crippen molar-refractivity contribution in [2.75, 3.05) is 6.54 Å². The van der Waals surface area contributed by atoms with Crippen LogP contribution in [0.5, 0.6) is 0 Å². The summed E-state index contributed by atoms with van der Waals surface area (Å²) in [6.45, 7) is 3.54. The largest absolute Gasteiger partial charge is 0.330 e. The number of nitrogens with two attached hydrogens (primary N) is 1. The van der Waals surface area contributed by atoms with E-state index in [1.54, 1.807) is 0 Å². The molecule has 0 aliphatic rings. The van der Waals surface area contributed by atoms with E-state index >= 15 is 0 Å². The molecule has 84 valence electrons. The van der Waals surface area contributed by atoms with Gasteiger partial charge in [-0.05, 0) is 37.1 Å². The molecule has 0 saturated carbocycles. The van der Waals surface area contributed by atoms with Crippen LogP contribution in [0.3, 0.4) is 0 Å². The molecule has 0 aliphatic carbocycles. The van der Waals surface area contributed by atoms with E-state index < -0.39 is 0 Å². The Hall–Kier alpha value is -1.61. The van der Waals surface area contributed by atoms with Crippen molar-refractivity contribution < 1.29 is 0 Å². The predicted molar refractivity (Wildman–Crippen MR) is 65.3 cm³/mol. The first-order chi connectivity index (χ1) is 7.78. The minimum absolute atomic E-state index is 0.706. The van der Waals surface area contributed by atoms with Crippen molar-refractivity contribution in [1.82, 2.24) is 9.78 Å². The lowest BCUT2D eigenvalue weighted by Gasteiger charge is -2.03. The van der Waals surface area contributed by atoms with Crippen LogP contribution in [0, 0.1) is 6.92 Å². The maximum atomic E-state index is 5.51. The molecule has 2 aromatic rings. The van der Waals surface area contributed by atoms with Gasteiger partial charge in [0.25, 0.3) is 0 Å². The molecular formula is C13H17N3. The Morgan fingerprint density at radius 3 is 2.38 bits per heavy atom. The van der Waals surface area contributed by atoms with E-state index in [0.717, 1.165) is 18.7 Å². The Morgan fingerprint density at radius 1 is 1.12 bits per heavy atom. The minimum Gasteiger partial charge on any atom is -0.330 e. The van der Waals surface area contributed by atoms with Crippen LogP contribution < -0.4 is 5.73 Å². The molecule has 1 heterocycles. The summed E-state index contributed by atoms with van der Waals surface area (Å²) in [5.41, 5.74) is 9.13. The topological polar surface area (TPSA) is 43.8 Å². The summed E-state index contributed by atoms with van der Waals surface area (Å²) in [7, 11) is 0. The zero-order valence-electron chi connectivity index (χ0n) is 9.56. The summed E-state index contributed by atoms with van der Waals surface area (Å²) in [4.78, 5) is 0. The van der Waals surface area contributed by atoms with E-state index in [-0.39, 0.29) is 0 Å². The molecule has 2 N–H and O–H groups in total. The Labute approximate surface area is 95.9 Å². The maximum Gasteiger partial charge on any atom is 0.0659 e. The van der Waals surface area contributed by atoms with Gasteiger partial charge in [0, 0.05) is 6.20 Å². The number of nitrogens with zero attached hydrogens (tertiary/aromatic N) is 2. The summed E-state index contributed by atoms with van der Waals surface area (Å²) in [5, 5.41) is 4.36. The number of hydrogen-bond donors (Lipinski definition) is 1. The quantitative estimate of drug-likeness (QED) is 0.844. The first-order valence-electron chi connectivity index (χ1n) is 5.56. The molecule has 16 heavy (non-hydrogen) atoms. The number of rotatable bonds is 4. The molecule has 0 fully saturated rings. The Morgan fingerprint density at radius 2 is 1.81 bits per heavy atom. The van der Waals surface area contributed by atoms with Gasteiger partial charge in [0.05, 0.1) is 12.2 Å². The van der Waals surface area contributed by atoms with Crippen LogP contribution in [-0.2, 0) is 13.0 Å². The molecule has 1 aromatic carbocycles. The Bertz CT molecular complexity index is 442. The molecule has 0 aliphatic heterocycles. The summed E-state index contributed by atoms with van der Waals surface area (Å²) >= 11 is 0. The van der Waals surface area contributed by atoms with Crippen molar-refractivity contribution in [3.8, 4) is 0 Å². The van der Waals surface area contributed by atoms with Gasteiger partial charge < -0.3 is 5.73 Å². The number of benzene rings is 1. The first kappa shape index (κ1) is 10.9. The highest BCUT2D eigenvalue weighted by Crippen LogP contribution is 2.06. The predicted octanol–water partition coefficient (Wildman–Crippen LogP) is 1.74. The van der Waals surface area contributed by atoms with Crippen molar-refractivity contribution in [2.45, 2.75) is 19.9 Å². The second-order valence-corrected chi connectivity index (χ2v) is 4.01. The highest BCUT2D eigenvalue weighted by Gasteiger charge is 1.97. The summed E-state index contributed by atoms with van der Waals surface area (Å²) in [5.74, 6) is 0. The monoisotopic (exact) mass is 215 g/mol. The molecule has 3 heteroatoms. The molecule has 0 unspecified atom stereocenters. The van der Waals surface area contributed by atoms with Gasteiger partial charge in [-0.25, -0.2) is 0 Å². The van der Waals surface area contributed by atoms with E-state index in [1.807, 2.05) is 23.9 Å². The molecule has 0 amide bonds. The van der Waals surface area contributed by atoms with Crippen molar-refractivity contribution in [3.05, 3.63) is 53.3 Å². The van der Waals surface area contributed by atoms with E-state index in [0.29, 0.717) is 6.54 Å². The lowest BCUT2D eigenvalue weighted by molar-refractivity contribution is 0.679. The van der Waals surface area contributed by atoms with Crippen molar-refractivity contribution in [2.24, 2.45) is 5.73 Å². The van der Waals surface area contributed by atoms with Crippen LogP contribution in [0.25, 0.3) is 0 Å². The second-order valence-electron chi connectivity index (χ2n) is 4.01. The van der Waals surface area contributed by atoms with Gasteiger partial charge in [-0.2, -0.15) is 5.10 Å². The lowest BCUT2D eigenvalue weighted by atomic mass is 10.1. The van der Waals surface area contributed by atoms with Gasteiger partial charge in [-0.3, -0.25) is 4.68 Å². The lowest BCUT2D eigenvalue weighted by Crippen LogP contribution is -2.03. The third-order valence-corrected chi connectivity index (χ3v) is 2.57. The Balaban J connectivity index is 2.05. The fourth-order valence-electron chi connectivity index (χ4n) is 1.72. The highest BCUT2D eigenvalue weighted by atomic mass is 15.3. The SMILES string of the molecule is Cc1ccn(Cc2ccc(CCN)cc2)n1. The van der Waals surface area contributed by atoms with Crippen LogP contribution in [0.4, 0.5) is 0 Å². The maximum absolute atomic E-state index is 5.51. The van der Waals surface area contributed by atoms with E-state index in [2.05, 4.69) is 29.4 Å². The second kappa shape index (κ2) is 4.94. The summed E-state index contributed by atoms with van der Waals surface area (Å²) < 4.78 is 1.95. The summed E-state index contributed by atoms with van der Waals surface area (Å²) in [6, 6.07) is 10.6. The van der Waals surface area contributed by atoms with Crippen LogP contribution in [-0.4, -0.2) is 16.3 Å². The Kier molecular flexibility index (Phi) is 3.37. The molecule has 2 rings (SSSR count). The molecule has 0 spiro atoms. The fraction of sp³-hybridized carbons (Fsp3) is 0.308. The van der Waals surface area contributed by atoms with Crippen LogP contribution in [0.1, 0.15) is 16.8 Å². The van der Waals surface area contributed by atoms with Gasteiger partial charge in [-0.15, -0.1) is 0 Å². The van der Waals surface area contributed by atoms with Crippen LogP contribution >= 0.6 is 0 Å². The minimum atomic E-state index is 0.706.